The number of thiophene rings is 2. The molecule has 0 aliphatic carbocycles. The fourth-order valence-electron chi connectivity index (χ4n) is 16.0. The van der Waals surface area contributed by atoms with E-state index in [4.69, 9.17) is 29.9 Å². The minimum Gasteiger partial charge on any atom is -0.247 e. The zero-order chi connectivity index (χ0) is 72.6. The Labute approximate surface area is 641 Å². The molecule has 0 aliphatic heterocycles. The third kappa shape index (κ3) is 11.4. The van der Waals surface area contributed by atoms with Gasteiger partial charge in [-0.2, -0.15) is 0 Å². The van der Waals surface area contributed by atoms with Crippen molar-refractivity contribution in [2.75, 3.05) is 0 Å². The van der Waals surface area contributed by atoms with Gasteiger partial charge in [-0.05, 0) is 114 Å². The van der Waals surface area contributed by atoms with Crippen molar-refractivity contribution < 1.29 is 0 Å². The largest absolute Gasteiger partial charge is 0.247 e. The van der Waals surface area contributed by atoms with Gasteiger partial charge >= 0.3 is 0 Å². The summed E-state index contributed by atoms with van der Waals surface area (Å²) in [4.78, 5) is 31.7. The topological polar surface area (TPSA) is 77.3 Å². The maximum atomic E-state index is 5.71. The van der Waals surface area contributed by atoms with Crippen LogP contribution in [0.25, 0.3) is 218 Å². The third-order valence-corrected chi connectivity index (χ3v) is 23.8. The van der Waals surface area contributed by atoms with Crippen LogP contribution in [0.4, 0.5) is 0 Å². The van der Waals surface area contributed by atoms with E-state index >= 15 is 0 Å². The molecule has 0 bridgehead atoms. The molecular weight excluding hydrogens is 1370 g/mol. The van der Waals surface area contributed by atoms with Gasteiger partial charge in [0.25, 0.3) is 0 Å². The van der Waals surface area contributed by atoms with Gasteiger partial charge in [0.1, 0.15) is 0 Å². The lowest BCUT2D eigenvalue weighted by Crippen LogP contribution is -1.96. The molecule has 0 aliphatic rings. The van der Waals surface area contributed by atoms with Crippen LogP contribution >= 0.6 is 22.7 Å². The first-order valence-corrected chi connectivity index (χ1v) is 38.7. The Kier molecular flexibility index (Phi) is 15.9. The van der Waals surface area contributed by atoms with Crippen molar-refractivity contribution in [3.8, 4) is 113 Å². The second kappa shape index (κ2) is 27.1. The lowest BCUT2D eigenvalue weighted by Gasteiger charge is -2.15. The fraction of sp³-hybridized carbons (Fsp3) is 0. The number of nitrogens with zero attached hydrogens (tertiary/aromatic N) is 6. The second-order valence-electron chi connectivity index (χ2n) is 27.9. The van der Waals surface area contributed by atoms with E-state index < -0.39 is 0 Å². The Morgan fingerprint density at radius 3 is 1.05 bits per heavy atom. The fourth-order valence-corrected chi connectivity index (χ4v) is 18.5. The van der Waals surface area contributed by atoms with Gasteiger partial charge in [-0.1, -0.05) is 322 Å². The Morgan fingerprint density at radius 2 is 0.545 bits per heavy atom. The van der Waals surface area contributed by atoms with E-state index in [1.165, 1.54) is 94.6 Å². The van der Waals surface area contributed by atoms with E-state index in [1.54, 1.807) is 0 Å². The van der Waals surface area contributed by atoms with Crippen LogP contribution in [-0.4, -0.2) is 29.9 Å². The van der Waals surface area contributed by atoms with Crippen LogP contribution in [0.3, 0.4) is 0 Å². The quantitative estimate of drug-likeness (QED) is 0.127. The Hall–Kier alpha value is -14.0. The van der Waals surface area contributed by atoms with Crippen molar-refractivity contribution in [2.24, 2.45) is 0 Å². The number of para-hydroxylation sites is 1. The summed E-state index contributed by atoms with van der Waals surface area (Å²) in [5.41, 5.74) is 20.5. The lowest BCUT2D eigenvalue weighted by molar-refractivity contribution is 1.18. The first kappa shape index (κ1) is 64.4. The van der Waals surface area contributed by atoms with E-state index in [0.29, 0.717) is 11.6 Å². The molecule has 0 radical (unpaired) electrons. The Bertz CT molecular complexity index is 7310. The molecule has 0 saturated heterocycles. The molecule has 22 rings (SSSR count). The summed E-state index contributed by atoms with van der Waals surface area (Å²) in [6, 6.07) is 133. The molecule has 8 heteroatoms. The Morgan fingerprint density at radius 1 is 0.191 bits per heavy atom. The van der Waals surface area contributed by atoms with Crippen molar-refractivity contribution in [1.82, 2.24) is 29.9 Å². The van der Waals surface area contributed by atoms with E-state index in [-0.39, 0.29) is 0 Å². The summed E-state index contributed by atoms with van der Waals surface area (Å²) in [7, 11) is 0. The SMILES string of the molecule is c1ccc(-c2cc(-c3ccccc3)nc(-c3ccc4nc(-c5cc6ccccc6c6ccccc56)c5c6ccccc6sc5c4c3)n2)cc1.c1ccc(-c2ccc(-c3cc(-c4ccc(-c5cccc6c5nc(-c5cc7ccccc7c7ccccc57)c5c7ccccc7sc65)cc4)nc(-c4ccccc4)n3)cc2)cc1. The molecule has 0 atom stereocenters. The van der Waals surface area contributed by atoms with Crippen molar-refractivity contribution in [2.45, 2.75) is 0 Å². The van der Waals surface area contributed by atoms with Crippen LogP contribution in [0.5, 0.6) is 0 Å². The number of hydrogen-bond donors (Lipinski definition) is 0. The highest BCUT2D eigenvalue weighted by Gasteiger charge is 2.24. The monoisotopic (exact) mass is 1430 g/mol. The molecule has 6 aromatic heterocycles. The van der Waals surface area contributed by atoms with Crippen LogP contribution in [-0.2, 0) is 0 Å². The van der Waals surface area contributed by atoms with Crippen LogP contribution in [0.15, 0.2) is 376 Å². The molecule has 0 fully saturated rings. The van der Waals surface area contributed by atoms with Gasteiger partial charge in [0.2, 0.25) is 0 Å². The molecule has 22 aromatic rings. The van der Waals surface area contributed by atoms with Gasteiger partial charge in [-0.15, -0.1) is 22.7 Å². The van der Waals surface area contributed by atoms with Crippen LogP contribution in [0.1, 0.15) is 0 Å². The molecule has 0 amide bonds. The van der Waals surface area contributed by atoms with Gasteiger partial charge in [-0.25, -0.2) is 29.9 Å². The summed E-state index contributed by atoms with van der Waals surface area (Å²) >= 11 is 3.69. The highest BCUT2D eigenvalue weighted by Crippen LogP contribution is 2.49. The molecule has 16 aromatic carbocycles. The number of benzene rings is 16. The molecule has 512 valence electrons. The number of aromatic nitrogens is 6. The molecular formula is C102H62N6S2. The van der Waals surface area contributed by atoms with E-state index in [0.717, 1.165) is 112 Å². The second-order valence-corrected chi connectivity index (χ2v) is 30.0. The normalized spacial score (nSPS) is 11.6. The average molecular weight is 1440 g/mol. The number of pyridine rings is 2. The van der Waals surface area contributed by atoms with E-state index in [1.807, 2.05) is 59.1 Å². The van der Waals surface area contributed by atoms with E-state index in [9.17, 15) is 0 Å². The van der Waals surface area contributed by atoms with Crippen LogP contribution in [0, 0.1) is 0 Å². The van der Waals surface area contributed by atoms with Gasteiger partial charge < -0.3 is 0 Å². The third-order valence-electron chi connectivity index (χ3n) is 21.3. The smallest absolute Gasteiger partial charge is 0.160 e. The first-order chi connectivity index (χ1) is 54.5. The Balaban J connectivity index is 0.000000143. The zero-order valence-corrected chi connectivity index (χ0v) is 60.9. The number of hydrogen-bond acceptors (Lipinski definition) is 8. The molecule has 6 heterocycles. The van der Waals surface area contributed by atoms with Gasteiger partial charge in [-0.3, -0.25) is 0 Å². The van der Waals surface area contributed by atoms with Crippen molar-refractivity contribution in [1.29, 1.82) is 0 Å². The molecule has 0 spiro atoms. The average Bonchev–Trinajstić information content (AvgIpc) is 1.53. The summed E-state index contributed by atoms with van der Waals surface area (Å²) in [5, 5.41) is 17.0. The molecule has 0 N–H and O–H groups in total. The minimum absolute atomic E-state index is 0.695. The summed E-state index contributed by atoms with van der Waals surface area (Å²) in [6.07, 6.45) is 0. The van der Waals surface area contributed by atoms with Crippen LogP contribution < -0.4 is 0 Å². The zero-order valence-electron chi connectivity index (χ0n) is 59.3. The van der Waals surface area contributed by atoms with Gasteiger partial charge in [0.05, 0.1) is 45.2 Å². The lowest BCUT2D eigenvalue weighted by atomic mass is 9.92. The number of fused-ring (bicyclic) bond motifs is 16. The molecule has 110 heavy (non-hydrogen) atoms. The van der Waals surface area contributed by atoms with Crippen LogP contribution in [0.2, 0.25) is 0 Å². The predicted molar refractivity (Wildman–Crippen MR) is 465 cm³/mol. The molecule has 0 unspecified atom stereocenters. The standard InChI is InChI=1S/C57H35N3S.C45H27N3S/c1-3-14-36(15-4-1)37-26-30-39(31-27-37)50-35-51(59-57(58-50)41-16-5-2-6-17-41)40-32-28-38(29-33-40)44-23-13-24-48-54(44)60-55(53-47-22-11-12-25-52(47)61-56(48)53)49-34-42-18-7-8-19-43(42)45-20-9-10-21-46(45)49;1-3-13-28(14-4-1)39-27-40(29-15-5-2-6-16-29)48-45(47-39)31-23-24-38-37(26-31)44-42(35-21-11-12-22-41(35)49-44)43(46-38)36-25-30-17-7-8-18-32(30)33-19-9-10-20-34(33)36/h1-35H;1-27H. The summed E-state index contributed by atoms with van der Waals surface area (Å²) in [6.45, 7) is 0. The van der Waals surface area contributed by atoms with Gasteiger partial charge in [0.15, 0.2) is 11.6 Å². The first-order valence-electron chi connectivity index (χ1n) is 37.0. The van der Waals surface area contributed by atoms with Crippen molar-refractivity contribution >= 4 is 128 Å². The summed E-state index contributed by atoms with van der Waals surface area (Å²) < 4.78 is 5.00. The minimum atomic E-state index is 0.695. The molecule has 6 nitrogen and oxygen atoms in total. The van der Waals surface area contributed by atoms with E-state index in [2.05, 4.69) is 340 Å². The maximum Gasteiger partial charge on any atom is 0.160 e. The number of rotatable bonds is 10. The van der Waals surface area contributed by atoms with Crippen molar-refractivity contribution in [3.05, 3.63) is 376 Å². The highest BCUT2D eigenvalue weighted by atomic mass is 32.1. The van der Waals surface area contributed by atoms with Gasteiger partial charge in [0, 0.05) is 101 Å². The highest BCUT2D eigenvalue weighted by molar-refractivity contribution is 7.27. The summed E-state index contributed by atoms with van der Waals surface area (Å²) in [5.74, 6) is 1.39. The van der Waals surface area contributed by atoms with Crippen molar-refractivity contribution in [3.63, 3.8) is 0 Å². The maximum absolute atomic E-state index is 5.71. The molecule has 0 saturated carbocycles. The predicted octanol–water partition coefficient (Wildman–Crippen LogP) is 28.1.